The highest BCUT2D eigenvalue weighted by Crippen LogP contribution is 2.30. The first-order chi connectivity index (χ1) is 8.56. The van der Waals surface area contributed by atoms with Crippen LogP contribution in [0, 0.1) is 6.92 Å². The lowest BCUT2D eigenvalue weighted by Crippen LogP contribution is -2.33. The number of H-pyrrole nitrogens is 1. The SMILES string of the molecule is CC[C@H]1O[C@@H](n2cc(C)c(=O)[nH]c2=O)C[C@@H]1OC. The molecule has 0 unspecified atom stereocenters. The van der Waals surface area contributed by atoms with Gasteiger partial charge in [-0.3, -0.25) is 14.3 Å². The molecule has 1 aromatic heterocycles. The molecule has 18 heavy (non-hydrogen) atoms. The smallest absolute Gasteiger partial charge is 0.330 e. The highest BCUT2D eigenvalue weighted by molar-refractivity contribution is 5.02. The molecule has 3 atom stereocenters. The van der Waals surface area contributed by atoms with Gasteiger partial charge in [0.05, 0.1) is 12.2 Å². The molecule has 1 N–H and O–H groups in total. The van der Waals surface area contributed by atoms with E-state index in [-0.39, 0.29) is 24.0 Å². The summed E-state index contributed by atoms with van der Waals surface area (Å²) in [6.45, 7) is 3.68. The van der Waals surface area contributed by atoms with Crippen molar-refractivity contribution in [1.82, 2.24) is 9.55 Å². The average molecular weight is 254 g/mol. The van der Waals surface area contributed by atoms with Crippen LogP contribution in [-0.4, -0.2) is 28.9 Å². The van der Waals surface area contributed by atoms with Gasteiger partial charge in [-0.2, -0.15) is 0 Å². The van der Waals surface area contributed by atoms with Crippen LogP contribution in [0.15, 0.2) is 15.8 Å². The number of rotatable bonds is 3. The molecule has 2 rings (SSSR count). The Kier molecular flexibility index (Phi) is 3.68. The summed E-state index contributed by atoms with van der Waals surface area (Å²) >= 11 is 0. The fourth-order valence-corrected chi connectivity index (χ4v) is 2.28. The van der Waals surface area contributed by atoms with Gasteiger partial charge in [0.15, 0.2) is 0 Å². The van der Waals surface area contributed by atoms with Gasteiger partial charge in [-0.05, 0) is 13.3 Å². The van der Waals surface area contributed by atoms with E-state index in [9.17, 15) is 9.59 Å². The quantitative estimate of drug-likeness (QED) is 0.855. The van der Waals surface area contributed by atoms with E-state index in [4.69, 9.17) is 9.47 Å². The molecule has 0 saturated carbocycles. The summed E-state index contributed by atoms with van der Waals surface area (Å²) in [4.78, 5) is 25.4. The lowest BCUT2D eigenvalue weighted by Gasteiger charge is -2.15. The molecular weight excluding hydrogens is 236 g/mol. The Bertz CT molecular complexity index is 522. The van der Waals surface area contributed by atoms with Crippen LogP contribution in [0.2, 0.25) is 0 Å². The molecule has 1 fully saturated rings. The van der Waals surface area contributed by atoms with Crippen molar-refractivity contribution in [2.45, 2.75) is 45.1 Å². The van der Waals surface area contributed by atoms with Gasteiger partial charge in [0, 0.05) is 25.3 Å². The van der Waals surface area contributed by atoms with Gasteiger partial charge < -0.3 is 9.47 Å². The van der Waals surface area contributed by atoms with Crippen LogP contribution in [0.4, 0.5) is 0 Å². The van der Waals surface area contributed by atoms with Crippen LogP contribution in [0.1, 0.15) is 31.6 Å². The lowest BCUT2D eigenvalue weighted by atomic mass is 10.1. The fourth-order valence-electron chi connectivity index (χ4n) is 2.28. The summed E-state index contributed by atoms with van der Waals surface area (Å²) in [5, 5.41) is 0. The third-order valence-electron chi connectivity index (χ3n) is 3.34. The molecule has 1 aliphatic rings. The number of aryl methyl sites for hydroxylation is 1. The molecule has 0 radical (unpaired) electrons. The molecule has 0 aliphatic carbocycles. The molecule has 1 saturated heterocycles. The minimum Gasteiger partial charge on any atom is -0.379 e. The molecule has 0 aromatic carbocycles. The highest BCUT2D eigenvalue weighted by atomic mass is 16.6. The first kappa shape index (κ1) is 13.0. The minimum atomic E-state index is -0.442. The topological polar surface area (TPSA) is 73.3 Å². The van der Waals surface area contributed by atoms with Crippen molar-refractivity contribution < 1.29 is 9.47 Å². The summed E-state index contributed by atoms with van der Waals surface area (Å²) in [6, 6.07) is 0. The maximum absolute atomic E-state index is 11.8. The van der Waals surface area contributed by atoms with Crippen LogP contribution in [0.25, 0.3) is 0 Å². The average Bonchev–Trinajstić information content (AvgIpc) is 2.76. The number of aromatic nitrogens is 2. The second-order valence-electron chi connectivity index (χ2n) is 4.53. The van der Waals surface area contributed by atoms with Crippen LogP contribution >= 0.6 is 0 Å². The van der Waals surface area contributed by atoms with Gasteiger partial charge in [0.2, 0.25) is 0 Å². The Balaban J connectivity index is 2.31. The monoisotopic (exact) mass is 254 g/mol. The van der Waals surface area contributed by atoms with E-state index in [1.54, 1.807) is 14.0 Å². The summed E-state index contributed by atoms with van der Waals surface area (Å²) in [7, 11) is 1.64. The normalized spacial score (nSPS) is 27.6. The largest absolute Gasteiger partial charge is 0.379 e. The molecule has 6 heteroatoms. The van der Waals surface area contributed by atoms with Crippen LogP contribution in [-0.2, 0) is 9.47 Å². The van der Waals surface area contributed by atoms with E-state index in [0.717, 1.165) is 6.42 Å². The van der Waals surface area contributed by atoms with Gasteiger partial charge in [-0.25, -0.2) is 4.79 Å². The Morgan fingerprint density at radius 3 is 2.83 bits per heavy atom. The van der Waals surface area contributed by atoms with Gasteiger partial charge in [-0.1, -0.05) is 6.92 Å². The van der Waals surface area contributed by atoms with Crippen molar-refractivity contribution in [3.63, 3.8) is 0 Å². The number of aromatic amines is 1. The van der Waals surface area contributed by atoms with Gasteiger partial charge in [-0.15, -0.1) is 0 Å². The summed E-state index contributed by atoms with van der Waals surface area (Å²) in [6.07, 6.45) is 2.57. The zero-order chi connectivity index (χ0) is 13.3. The van der Waals surface area contributed by atoms with E-state index >= 15 is 0 Å². The van der Waals surface area contributed by atoms with Crippen LogP contribution < -0.4 is 11.2 Å². The van der Waals surface area contributed by atoms with Crippen molar-refractivity contribution in [2.24, 2.45) is 0 Å². The van der Waals surface area contributed by atoms with E-state index < -0.39 is 5.69 Å². The minimum absolute atomic E-state index is 0.0147. The van der Waals surface area contributed by atoms with Gasteiger partial charge >= 0.3 is 5.69 Å². The van der Waals surface area contributed by atoms with Crippen LogP contribution in [0.3, 0.4) is 0 Å². The number of nitrogens with zero attached hydrogens (tertiary/aromatic N) is 1. The van der Waals surface area contributed by atoms with Crippen molar-refractivity contribution in [2.75, 3.05) is 7.11 Å². The Hall–Kier alpha value is -1.40. The fraction of sp³-hybridized carbons (Fsp3) is 0.667. The number of hydrogen-bond acceptors (Lipinski definition) is 4. The Morgan fingerprint density at radius 1 is 1.56 bits per heavy atom. The first-order valence-electron chi connectivity index (χ1n) is 6.07. The second kappa shape index (κ2) is 5.07. The maximum Gasteiger partial charge on any atom is 0.330 e. The standard InChI is InChI=1S/C12H18N2O4/c1-4-8-9(17-3)5-10(18-8)14-6-7(2)11(15)13-12(14)16/h6,8-10H,4-5H2,1-3H3,(H,13,15,16)/t8-,9+,10-/m1/s1. The van der Waals surface area contributed by atoms with Crippen molar-refractivity contribution >= 4 is 0 Å². The number of methoxy groups -OCH3 is 1. The third-order valence-corrected chi connectivity index (χ3v) is 3.34. The van der Waals surface area contributed by atoms with Gasteiger partial charge in [0.25, 0.3) is 5.56 Å². The third kappa shape index (κ3) is 2.26. The van der Waals surface area contributed by atoms with E-state index in [2.05, 4.69) is 4.98 Å². The predicted molar refractivity (Wildman–Crippen MR) is 65.7 cm³/mol. The summed E-state index contributed by atoms with van der Waals surface area (Å²) < 4.78 is 12.6. The van der Waals surface area contributed by atoms with Crippen molar-refractivity contribution in [3.05, 3.63) is 32.6 Å². The van der Waals surface area contributed by atoms with E-state index in [0.29, 0.717) is 12.0 Å². The number of hydrogen-bond donors (Lipinski definition) is 1. The predicted octanol–water partition coefficient (Wildman–Crippen LogP) is 0.558. The molecule has 100 valence electrons. The second-order valence-corrected chi connectivity index (χ2v) is 4.53. The number of nitrogens with one attached hydrogen (secondary N) is 1. The molecule has 0 amide bonds. The molecule has 6 nitrogen and oxygen atoms in total. The van der Waals surface area contributed by atoms with Crippen LogP contribution in [0.5, 0.6) is 0 Å². The first-order valence-corrected chi connectivity index (χ1v) is 6.07. The highest BCUT2D eigenvalue weighted by Gasteiger charge is 2.35. The Labute approximate surface area is 105 Å². The molecule has 0 bridgehead atoms. The Morgan fingerprint density at radius 2 is 2.28 bits per heavy atom. The number of ether oxygens (including phenoxy) is 2. The zero-order valence-electron chi connectivity index (χ0n) is 10.8. The molecule has 1 aliphatic heterocycles. The molecule has 0 spiro atoms. The summed E-state index contributed by atoms with van der Waals surface area (Å²) in [5.41, 5.74) is -0.307. The zero-order valence-corrected chi connectivity index (χ0v) is 10.8. The van der Waals surface area contributed by atoms with Crippen molar-refractivity contribution in [1.29, 1.82) is 0 Å². The van der Waals surface area contributed by atoms with Crippen molar-refractivity contribution in [3.8, 4) is 0 Å². The summed E-state index contributed by atoms with van der Waals surface area (Å²) in [5.74, 6) is 0. The van der Waals surface area contributed by atoms with Gasteiger partial charge in [0.1, 0.15) is 6.23 Å². The van der Waals surface area contributed by atoms with E-state index in [1.807, 2.05) is 6.92 Å². The molecule has 2 heterocycles. The molecular formula is C12H18N2O4. The lowest BCUT2D eigenvalue weighted by molar-refractivity contribution is -0.0302. The maximum atomic E-state index is 11.8. The molecule has 1 aromatic rings. The van der Waals surface area contributed by atoms with E-state index in [1.165, 1.54) is 10.8 Å².